The van der Waals surface area contributed by atoms with Crippen LogP contribution < -0.4 is 0 Å². The van der Waals surface area contributed by atoms with Gasteiger partial charge in [-0.05, 0) is 72.1 Å². The maximum Gasteiger partial charge on any atom is 0.145 e. The molecular formula is C39H24N2. The van der Waals surface area contributed by atoms with E-state index < -0.39 is 0 Å². The highest BCUT2D eigenvalue weighted by molar-refractivity contribution is 6.25. The number of aromatic nitrogens is 2. The van der Waals surface area contributed by atoms with Gasteiger partial charge in [0.1, 0.15) is 5.65 Å². The molecule has 9 aromatic rings. The van der Waals surface area contributed by atoms with E-state index in [4.69, 9.17) is 0 Å². The minimum absolute atomic E-state index is 0.997. The van der Waals surface area contributed by atoms with Gasteiger partial charge in [0.15, 0.2) is 0 Å². The van der Waals surface area contributed by atoms with Crippen molar-refractivity contribution in [3.05, 3.63) is 146 Å². The van der Waals surface area contributed by atoms with Gasteiger partial charge in [-0.3, -0.25) is 4.40 Å². The Morgan fingerprint density at radius 2 is 0.805 bits per heavy atom. The molecule has 0 spiro atoms. The Labute approximate surface area is 236 Å². The molecule has 0 aliphatic heterocycles. The average molecular weight is 521 g/mol. The normalized spacial score (nSPS) is 11.9. The number of pyridine rings is 1. The van der Waals surface area contributed by atoms with Gasteiger partial charge in [-0.15, -0.1) is 0 Å². The van der Waals surface area contributed by atoms with Gasteiger partial charge >= 0.3 is 0 Å². The molecule has 0 radical (unpaired) electrons. The van der Waals surface area contributed by atoms with E-state index in [9.17, 15) is 0 Å². The largest absolute Gasteiger partial charge is 0.299 e. The van der Waals surface area contributed by atoms with Gasteiger partial charge < -0.3 is 0 Å². The smallest absolute Gasteiger partial charge is 0.145 e. The molecule has 9 rings (SSSR count). The van der Waals surface area contributed by atoms with Gasteiger partial charge in [0.25, 0.3) is 0 Å². The molecule has 0 unspecified atom stereocenters. The first-order valence-corrected chi connectivity index (χ1v) is 14.1. The van der Waals surface area contributed by atoms with E-state index in [1.54, 1.807) is 0 Å². The highest BCUT2D eigenvalue weighted by Gasteiger charge is 2.12. The van der Waals surface area contributed by atoms with Crippen molar-refractivity contribution in [3.63, 3.8) is 0 Å². The fourth-order valence-electron chi connectivity index (χ4n) is 6.69. The summed E-state index contributed by atoms with van der Waals surface area (Å²) in [4.78, 5) is 4.66. The van der Waals surface area contributed by atoms with E-state index in [1.807, 2.05) is 6.20 Å². The number of rotatable bonds is 2. The highest BCUT2D eigenvalue weighted by Crippen LogP contribution is 2.38. The summed E-state index contributed by atoms with van der Waals surface area (Å²) in [6.45, 7) is 0. The second-order valence-electron chi connectivity index (χ2n) is 10.8. The molecule has 2 nitrogen and oxygen atoms in total. The summed E-state index contributed by atoms with van der Waals surface area (Å²) in [7, 11) is 0. The van der Waals surface area contributed by atoms with Crippen molar-refractivity contribution in [2.45, 2.75) is 0 Å². The second kappa shape index (κ2) is 8.51. The molecule has 0 aliphatic rings. The minimum atomic E-state index is 0.997. The van der Waals surface area contributed by atoms with Gasteiger partial charge in [-0.2, -0.15) is 0 Å². The lowest BCUT2D eigenvalue weighted by Gasteiger charge is -2.13. The van der Waals surface area contributed by atoms with Crippen LogP contribution >= 0.6 is 0 Å². The summed E-state index contributed by atoms with van der Waals surface area (Å²) in [5.74, 6) is 0. The first-order chi connectivity index (χ1) is 20.3. The van der Waals surface area contributed by atoms with Crippen molar-refractivity contribution in [3.8, 4) is 22.3 Å². The quantitative estimate of drug-likeness (QED) is 0.207. The Morgan fingerprint density at radius 3 is 1.41 bits per heavy atom. The van der Waals surface area contributed by atoms with Gasteiger partial charge in [0.05, 0.1) is 5.52 Å². The third-order valence-corrected chi connectivity index (χ3v) is 8.65. The molecule has 41 heavy (non-hydrogen) atoms. The standard InChI is InChI=1S/C39H24N2/c1-2-9-31-29(7-1)30-8-3-4-10-32(30)37-23-27(17-19-34(31)37)25-13-15-26(16-14-25)28-18-20-35-33-11-5-6-12-36(33)39-40-21-22-41(39)38(35)24-28/h1-24H. The molecule has 7 aromatic carbocycles. The molecule has 0 amide bonds. The van der Waals surface area contributed by atoms with E-state index >= 15 is 0 Å². The van der Waals surface area contributed by atoms with Gasteiger partial charge in [-0.1, -0.05) is 121 Å². The Hall–Kier alpha value is -5.47. The third-order valence-electron chi connectivity index (χ3n) is 8.65. The molecule has 0 fully saturated rings. The number of nitrogens with zero attached hydrogens (tertiary/aromatic N) is 2. The molecule has 0 saturated heterocycles. The predicted molar refractivity (Wildman–Crippen MR) is 174 cm³/mol. The Morgan fingerprint density at radius 1 is 0.366 bits per heavy atom. The summed E-state index contributed by atoms with van der Waals surface area (Å²) in [5.41, 5.74) is 7.02. The lowest BCUT2D eigenvalue weighted by Crippen LogP contribution is -1.91. The zero-order valence-corrected chi connectivity index (χ0v) is 22.3. The molecule has 0 atom stereocenters. The zero-order chi connectivity index (χ0) is 26.9. The van der Waals surface area contributed by atoms with E-state index in [-0.39, 0.29) is 0 Å². The number of benzene rings is 7. The maximum atomic E-state index is 4.66. The lowest BCUT2D eigenvalue weighted by molar-refractivity contribution is 1.27. The molecule has 2 aromatic heterocycles. The number of hydrogen-bond acceptors (Lipinski definition) is 1. The van der Waals surface area contributed by atoms with Crippen molar-refractivity contribution < 1.29 is 0 Å². The molecule has 0 bridgehead atoms. The number of imidazole rings is 1. The zero-order valence-electron chi connectivity index (χ0n) is 22.3. The average Bonchev–Trinajstić information content (AvgIpc) is 3.56. The lowest BCUT2D eigenvalue weighted by atomic mass is 9.91. The molecule has 0 saturated carbocycles. The topological polar surface area (TPSA) is 17.3 Å². The summed E-state index contributed by atoms with van der Waals surface area (Å²) in [5, 5.41) is 11.5. The summed E-state index contributed by atoms with van der Waals surface area (Å²) in [6, 6.07) is 48.7. The highest BCUT2D eigenvalue weighted by atomic mass is 15.0. The molecule has 190 valence electrons. The molecular weight excluding hydrogens is 496 g/mol. The molecule has 0 N–H and O–H groups in total. The fourth-order valence-corrected chi connectivity index (χ4v) is 6.69. The number of hydrogen-bond donors (Lipinski definition) is 0. The van der Waals surface area contributed by atoms with Crippen LogP contribution in [0.2, 0.25) is 0 Å². The van der Waals surface area contributed by atoms with Crippen LogP contribution in [0.15, 0.2) is 146 Å². The molecule has 2 heteroatoms. The predicted octanol–water partition coefficient (Wildman–Crippen LogP) is 10.4. The minimum Gasteiger partial charge on any atom is -0.299 e. The first-order valence-electron chi connectivity index (χ1n) is 14.1. The monoisotopic (exact) mass is 520 g/mol. The second-order valence-corrected chi connectivity index (χ2v) is 10.8. The summed E-state index contributed by atoms with van der Waals surface area (Å²) >= 11 is 0. The van der Waals surface area contributed by atoms with Crippen molar-refractivity contribution in [2.24, 2.45) is 0 Å². The Kier molecular flexibility index (Phi) is 4.64. The van der Waals surface area contributed by atoms with Crippen molar-refractivity contribution in [1.29, 1.82) is 0 Å². The van der Waals surface area contributed by atoms with Crippen LogP contribution in [0.5, 0.6) is 0 Å². The van der Waals surface area contributed by atoms with E-state index in [0.29, 0.717) is 0 Å². The van der Waals surface area contributed by atoms with E-state index in [1.165, 1.54) is 76.2 Å². The van der Waals surface area contributed by atoms with Gasteiger partial charge in [0, 0.05) is 23.2 Å². The fraction of sp³-hybridized carbons (Fsp3) is 0. The van der Waals surface area contributed by atoms with Crippen molar-refractivity contribution >= 4 is 59.6 Å². The molecule has 0 aliphatic carbocycles. The number of fused-ring (bicyclic) bond motifs is 12. The third kappa shape index (κ3) is 3.28. The van der Waals surface area contributed by atoms with Crippen LogP contribution in [0.25, 0.3) is 81.9 Å². The van der Waals surface area contributed by atoms with Gasteiger partial charge in [-0.25, -0.2) is 4.98 Å². The summed E-state index contributed by atoms with van der Waals surface area (Å²) in [6.07, 6.45) is 3.95. The van der Waals surface area contributed by atoms with Crippen LogP contribution in [0.1, 0.15) is 0 Å². The maximum absolute atomic E-state index is 4.66. The van der Waals surface area contributed by atoms with E-state index in [0.717, 1.165) is 5.65 Å². The van der Waals surface area contributed by atoms with Crippen LogP contribution in [-0.2, 0) is 0 Å². The van der Waals surface area contributed by atoms with Crippen LogP contribution in [-0.4, -0.2) is 9.38 Å². The van der Waals surface area contributed by atoms with Crippen molar-refractivity contribution in [1.82, 2.24) is 9.38 Å². The van der Waals surface area contributed by atoms with Gasteiger partial charge in [0.2, 0.25) is 0 Å². The summed E-state index contributed by atoms with van der Waals surface area (Å²) < 4.78 is 2.21. The molecule has 2 heterocycles. The van der Waals surface area contributed by atoms with Crippen LogP contribution in [0.3, 0.4) is 0 Å². The first kappa shape index (κ1) is 22.4. The SMILES string of the molecule is c1ccc2c(c1)c1ccccc1c1cc(-c3ccc(-c4ccc5c6ccccc6c6nccn6c5c4)cc3)ccc21. The van der Waals surface area contributed by atoms with Crippen LogP contribution in [0.4, 0.5) is 0 Å². The van der Waals surface area contributed by atoms with E-state index in [2.05, 4.69) is 149 Å². The Bertz CT molecular complexity index is 2430. The van der Waals surface area contributed by atoms with Crippen LogP contribution in [0, 0.1) is 0 Å². The Balaban J connectivity index is 1.17. The van der Waals surface area contributed by atoms with Crippen molar-refractivity contribution in [2.75, 3.05) is 0 Å².